The van der Waals surface area contributed by atoms with Crippen molar-refractivity contribution in [2.24, 2.45) is 4.99 Å². The Morgan fingerprint density at radius 3 is 2.40 bits per heavy atom. The van der Waals surface area contributed by atoms with E-state index >= 15 is 0 Å². The quantitative estimate of drug-likeness (QED) is 0.362. The molecular weight excluding hydrogens is 495 g/mol. The molecule has 2 N–H and O–H groups in total. The molecule has 2 rings (SSSR count). The van der Waals surface area contributed by atoms with E-state index in [1.807, 2.05) is 60.5 Å². The van der Waals surface area contributed by atoms with Crippen molar-refractivity contribution in [2.45, 2.75) is 6.54 Å². The number of nitrogens with one attached hydrogen (secondary N) is 2. The van der Waals surface area contributed by atoms with Crippen molar-refractivity contribution in [1.82, 2.24) is 10.2 Å². The smallest absolute Gasteiger partial charge is 0.243 e. The molecule has 0 radical (unpaired) electrons. The third kappa shape index (κ3) is 7.03. The predicted octanol–water partition coefficient (Wildman–Crippen LogP) is 3.71. The van der Waals surface area contributed by atoms with E-state index in [1.54, 1.807) is 7.05 Å². The minimum atomic E-state index is -0.114. The van der Waals surface area contributed by atoms with Crippen LogP contribution >= 0.6 is 39.9 Å². The monoisotopic (exact) mass is 516 g/mol. The van der Waals surface area contributed by atoms with E-state index in [4.69, 9.17) is 0 Å². The molecule has 0 unspecified atom stereocenters. The second kappa shape index (κ2) is 11.1. The Hall–Kier alpha value is -1.61. The summed E-state index contributed by atoms with van der Waals surface area (Å²) in [6.45, 7) is 0.837. The number of hydrogen-bond donors (Lipinski definition) is 2. The first kappa shape index (κ1) is 21.4. The Bertz CT molecular complexity index is 709. The van der Waals surface area contributed by atoms with E-state index in [9.17, 15) is 4.79 Å². The van der Waals surface area contributed by atoms with E-state index < -0.39 is 0 Å². The fourth-order valence-electron chi connectivity index (χ4n) is 2.23. The summed E-state index contributed by atoms with van der Waals surface area (Å²) >= 11 is 3.54. The number of rotatable bonds is 5. The van der Waals surface area contributed by atoms with Gasteiger partial charge in [0, 0.05) is 30.8 Å². The van der Waals surface area contributed by atoms with Crippen molar-refractivity contribution in [3.8, 4) is 0 Å². The number of guanidine groups is 1. The van der Waals surface area contributed by atoms with E-state index in [2.05, 4.69) is 37.6 Å². The third-order valence-corrected chi connectivity index (χ3v) is 4.18. The van der Waals surface area contributed by atoms with Gasteiger partial charge in [-0.2, -0.15) is 0 Å². The van der Waals surface area contributed by atoms with Gasteiger partial charge in [-0.25, -0.2) is 0 Å². The highest BCUT2D eigenvalue weighted by Crippen LogP contribution is 2.17. The molecule has 0 aliphatic carbocycles. The van der Waals surface area contributed by atoms with Crippen LogP contribution < -0.4 is 10.6 Å². The molecule has 5 nitrogen and oxygen atoms in total. The fourth-order valence-corrected chi connectivity index (χ4v) is 2.64. The Labute approximate surface area is 174 Å². The van der Waals surface area contributed by atoms with Crippen LogP contribution in [0, 0.1) is 0 Å². The molecule has 0 fully saturated rings. The number of amides is 1. The number of carbonyl (C=O) groups excluding carboxylic acids is 1. The highest BCUT2D eigenvalue weighted by atomic mass is 127. The highest BCUT2D eigenvalue weighted by Gasteiger charge is 2.10. The Morgan fingerprint density at radius 2 is 1.76 bits per heavy atom. The number of nitrogens with zero attached hydrogens (tertiary/aromatic N) is 2. The first-order chi connectivity index (χ1) is 11.6. The van der Waals surface area contributed by atoms with E-state index in [0.717, 1.165) is 15.7 Å². The molecule has 7 heteroatoms. The van der Waals surface area contributed by atoms with Gasteiger partial charge in [-0.05, 0) is 23.8 Å². The Kier molecular flexibility index (Phi) is 9.51. The second-order valence-electron chi connectivity index (χ2n) is 5.26. The number of para-hydroxylation sites is 1. The minimum Gasteiger partial charge on any atom is -0.347 e. The maximum Gasteiger partial charge on any atom is 0.243 e. The summed E-state index contributed by atoms with van der Waals surface area (Å²) in [6.07, 6.45) is 0. The maximum atomic E-state index is 12.0. The molecule has 134 valence electrons. The molecule has 0 atom stereocenters. The van der Waals surface area contributed by atoms with Crippen molar-refractivity contribution in [1.29, 1.82) is 0 Å². The number of aliphatic imine (C=N–C) groups is 1. The predicted molar refractivity (Wildman–Crippen MR) is 117 cm³/mol. The molecule has 1 amide bonds. The molecule has 0 saturated heterocycles. The SMILES string of the molecule is CN=C(NCC(=O)Nc1ccccc1)N(C)Cc1ccccc1Br.I. The average Bonchev–Trinajstić information content (AvgIpc) is 2.58. The number of carbonyl (C=O) groups is 1. The third-order valence-electron chi connectivity index (χ3n) is 3.40. The van der Waals surface area contributed by atoms with Gasteiger partial charge in [0.05, 0.1) is 6.54 Å². The van der Waals surface area contributed by atoms with Gasteiger partial charge in [-0.3, -0.25) is 9.79 Å². The lowest BCUT2D eigenvalue weighted by Crippen LogP contribution is -2.42. The standard InChI is InChI=1S/C18H21BrN4O.HI/c1-20-18(23(2)13-14-8-6-7-11-16(14)19)21-12-17(24)22-15-9-4-3-5-10-15;/h3-11H,12-13H2,1-2H3,(H,20,21)(H,22,24);1H. The van der Waals surface area contributed by atoms with Gasteiger partial charge in [-0.1, -0.05) is 52.3 Å². The van der Waals surface area contributed by atoms with Crippen LogP contribution in [0.3, 0.4) is 0 Å². The Morgan fingerprint density at radius 1 is 1.12 bits per heavy atom. The van der Waals surface area contributed by atoms with Crippen molar-refractivity contribution in [2.75, 3.05) is 26.0 Å². The molecule has 0 aromatic heterocycles. The van der Waals surface area contributed by atoms with Crippen LogP contribution in [-0.4, -0.2) is 37.4 Å². The van der Waals surface area contributed by atoms with Gasteiger partial charge in [0.25, 0.3) is 0 Å². The molecular formula is C18H22BrIN4O. The van der Waals surface area contributed by atoms with E-state index in [-0.39, 0.29) is 36.4 Å². The van der Waals surface area contributed by atoms with Crippen molar-refractivity contribution in [3.63, 3.8) is 0 Å². The zero-order chi connectivity index (χ0) is 17.4. The number of hydrogen-bond acceptors (Lipinski definition) is 2. The molecule has 0 heterocycles. The molecule has 25 heavy (non-hydrogen) atoms. The van der Waals surface area contributed by atoms with E-state index in [0.29, 0.717) is 12.5 Å². The number of benzene rings is 2. The molecule has 0 saturated carbocycles. The van der Waals surface area contributed by atoms with Crippen LogP contribution in [0.2, 0.25) is 0 Å². The summed E-state index contributed by atoms with van der Waals surface area (Å²) in [5.41, 5.74) is 1.93. The van der Waals surface area contributed by atoms with E-state index in [1.165, 1.54) is 0 Å². The lowest BCUT2D eigenvalue weighted by atomic mass is 10.2. The van der Waals surface area contributed by atoms with Crippen LogP contribution in [0.1, 0.15) is 5.56 Å². The first-order valence-corrected chi connectivity index (χ1v) is 8.39. The fraction of sp³-hybridized carbons (Fsp3) is 0.222. The maximum absolute atomic E-state index is 12.0. The zero-order valence-electron chi connectivity index (χ0n) is 14.2. The number of anilines is 1. The van der Waals surface area contributed by atoms with Crippen LogP contribution in [-0.2, 0) is 11.3 Å². The zero-order valence-corrected chi connectivity index (χ0v) is 18.1. The van der Waals surface area contributed by atoms with Crippen molar-refractivity contribution in [3.05, 3.63) is 64.6 Å². The summed E-state index contributed by atoms with van der Waals surface area (Å²) in [5, 5.41) is 5.91. The van der Waals surface area contributed by atoms with Crippen LogP contribution in [0.4, 0.5) is 5.69 Å². The molecule has 0 aliphatic heterocycles. The lowest BCUT2D eigenvalue weighted by molar-refractivity contribution is -0.115. The average molecular weight is 517 g/mol. The molecule has 0 spiro atoms. The molecule has 2 aromatic rings. The summed E-state index contributed by atoms with van der Waals surface area (Å²) < 4.78 is 1.05. The first-order valence-electron chi connectivity index (χ1n) is 7.60. The topological polar surface area (TPSA) is 56.7 Å². The molecule has 0 bridgehead atoms. The molecule has 2 aromatic carbocycles. The van der Waals surface area contributed by atoms with Crippen LogP contribution in [0.25, 0.3) is 0 Å². The van der Waals surface area contributed by atoms with Gasteiger partial charge in [0.1, 0.15) is 0 Å². The Balaban J connectivity index is 0.00000312. The van der Waals surface area contributed by atoms with Gasteiger partial charge in [0.2, 0.25) is 5.91 Å². The van der Waals surface area contributed by atoms with Gasteiger partial charge < -0.3 is 15.5 Å². The highest BCUT2D eigenvalue weighted by molar-refractivity contribution is 14.0. The van der Waals surface area contributed by atoms with Crippen molar-refractivity contribution < 1.29 is 4.79 Å². The summed E-state index contributed by atoms with van der Waals surface area (Å²) in [6, 6.07) is 17.4. The summed E-state index contributed by atoms with van der Waals surface area (Å²) in [4.78, 5) is 18.2. The normalized spacial score (nSPS) is 10.6. The van der Waals surface area contributed by atoms with Gasteiger partial charge in [-0.15, -0.1) is 24.0 Å². The van der Waals surface area contributed by atoms with Gasteiger partial charge >= 0.3 is 0 Å². The number of halogens is 2. The van der Waals surface area contributed by atoms with Gasteiger partial charge in [0.15, 0.2) is 5.96 Å². The van der Waals surface area contributed by atoms with Crippen molar-refractivity contribution >= 4 is 57.5 Å². The summed E-state index contributed by atoms with van der Waals surface area (Å²) in [5.74, 6) is 0.547. The minimum absolute atomic E-state index is 0. The summed E-state index contributed by atoms with van der Waals surface area (Å²) in [7, 11) is 3.64. The second-order valence-corrected chi connectivity index (χ2v) is 6.12. The molecule has 0 aliphatic rings. The largest absolute Gasteiger partial charge is 0.347 e. The lowest BCUT2D eigenvalue weighted by Gasteiger charge is -2.22. The van der Waals surface area contributed by atoms with Crippen LogP contribution in [0.15, 0.2) is 64.1 Å². The van der Waals surface area contributed by atoms with Crippen LogP contribution in [0.5, 0.6) is 0 Å².